The highest BCUT2D eigenvalue weighted by atomic mass is 79.9. The molecule has 1 atom stereocenters. The van der Waals surface area contributed by atoms with E-state index >= 15 is 0 Å². The van der Waals surface area contributed by atoms with Crippen LogP contribution in [0.25, 0.3) is 0 Å². The molecule has 2 nitrogen and oxygen atoms in total. The number of alkyl halides is 3. The Kier molecular flexibility index (Phi) is 6.47. The standard InChI is InChI=1S/C16H20BrF3O2/c1-4-9-15(2,3)13(11-5-7-12(17)8-6-11)14(21)22-10-16(18,19)20/h5-8,13H,4,9-10H2,1-3H3/t13-/m0/s1. The fourth-order valence-corrected chi connectivity index (χ4v) is 2.85. The van der Waals surface area contributed by atoms with Crippen molar-refractivity contribution < 1.29 is 22.7 Å². The molecule has 0 amide bonds. The number of benzene rings is 1. The van der Waals surface area contributed by atoms with Crippen LogP contribution >= 0.6 is 15.9 Å². The summed E-state index contributed by atoms with van der Waals surface area (Å²) in [4.78, 5) is 12.3. The van der Waals surface area contributed by atoms with Crippen LogP contribution in [0.3, 0.4) is 0 Å². The van der Waals surface area contributed by atoms with Gasteiger partial charge in [0.05, 0.1) is 5.92 Å². The van der Waals surface area contributed by atoms with Gasteiger partial charge in [0.1, 0.15) is 0 Å². The van der Waals surface area contributed by atoms with Gasteiger partial charge in [0.15, 0.2) is 6.61 Å². The number of ether oxygens (including phenoxy) is 1. The molecule has 1 aromatic carbocycles. The first-order chi connectivity index (χ1) is 10.1. The molecule has 0 heterocycles. The van der Waals surface area contributed by atoms with Crippen molar-refractivity contribution in [2.75, 3.05) is 6.61 Å². The van der Waals surface area contributed by atoms with E-state index in [2.05, 4.69) is 20.7 Å². The Balaban J connectivity index is 3.06. The van der Waals surface area contributed by atoms with Gasteiger partial charge in [-0.2, -0.15) is 13.2 Å². The van der Waals surface area contributed by atoms with Gasteiger partial charge in [-0.1, -0.05) is 55.3 Å². The SMILES string of the molecule is CCCC(C)(C)[C@H](C(=O)OCC(F)(F)F)c1ccc(Br)cc1. The van der Waals surface area contributed by atoms with Crippen LogP contribution in [0, 0.1) is 5.41 Å². The number of carbonyl (C=O) groups excluding carboxylic acids is 1. The maximum Gasteiger partial charge on any atom is 0.422 e. The molecule has 1 aromatic rings. The predicted octanol–water partition coefficient (Wildman–Crippen LogP) is 5.46. The first-order valence-electron chi connectivity index (χ1n) is 7.05. The fourth-order valence-electron chi connectivity index (χ4n) is 2.59. The van der Waals surface area contributed by atoms with Gasteiger partial charge in [-0.15, -0.1) is 0 Å². The topological polar surface area (TPSA) is 26.3 Å². The fraction of sp³-hybridized carbons (Fsp3) is 0.562. The molecule has 0 aliphatic heterocycles. The summed E-state index contributed by atoms with van der Waals surface area (Å²) in [5.74, 6) is -1.57. The lowest BCUT2D eigenvalue weighted by Crippen LogP contribution is -2.32. The zero-order chi connectivity index (χ0) is 17.0. The Morgan fingerprint density at radius 3 is 2.23 bits per heavy atom. The third-order valence-electron chi connectivity index (χ3n) is 3.49. The second kappa shape index (κ2) is 7.49. The molecule has 124 valence electrons. The molecule has 0 unspecified atom stereocenters. The molecule has 6 heteroatoms. The maximum atomic E-state index is 12.3. The zero-order valence-electron chi connectivity index (χ0n) is 12.8. The summed E-state index contributed by atoms with van der Waals surface area (Å²) in [6.45, 7) is 4.17. The summed E-state index contributed by atoms with van der Waals surface area (Å²) in [6.07, 6.45) is -2.99. The summed E-state index contributed by atoms with van der Waals surface area (Å²) in [5, 5.41) is 0. The van der Waals surface area contributed by atoms with Crippen LogP contribution < -0.4 is 0 Å². The van der Waals surface area contributed by atoms with Crippen molar-refractivity contribution in [2.24, 2.45) is 5.41 Å². The van der Waals surface area contributed by atoms with Gasteiger partial charge < -0.3 is 4.74 Å². The van der Waals surface area contributed by atoms with E-state index < -0.39 is 30.1 Å². The molecular formula is C16H20BrF3O2. The van der Waals surface area contributed by atoms with Gasteiger partial charge in [-0.05, 0) is 29.5 Å². The number of rotatable bonds is 6. The summed E-state index contributed by atoms with van der Waals surface area (Å²) in [5.41, 5.74) is 0.166. The quantitative estimate of drug-likeness (QED) is 0.612. The van der Waals surface area contributed by atoms with Crippen LogP contribution in [-0.2, 0) is 9.53 Å². The van der Waals surface area contributed by atoms with Gasteiger partial charge in [0.25, 0.3) is 0 Å². The van der Waals surface area contributed by atoms with Gasteiger partial charge in [-0.3, -0.25) is 4.79 Å². The van der Waals surface area contributed by atoms with Crippen LogP contribution in [-0.4, -0.2) is 18.8 Å². The van der Waals surface area contributed by atoms with Crippen LogP contribution in [0.4, 0.5) is 13.2 Å². The van der Waals surface area contributed by atoms with Gasteiger partial charge in [0, 0.05) is 4.47 Å². The Morgan fingerprint density at radius 2 is 1.77 bits per heavy atom. The second-order valence-corrected chi connectivity index (χ2v) is 6.86. The molecule has 0 aromatic heterocycles. The first kappa shape index (κ1) is 19.0. The second-order valence-electron chi connectivity index (χ2n) is 5.95. The summed E-state index contributed by atoms with van der Waals surface area (Å²) in [7, 11) is 0. The lowest BCUT2D eigenvalue weighted by molar-refractivity contribution is -0.189. The van der Waals surface area contributed by atoms with E-state index in [9.17, 15) is 18.0 Å². The van der Waals surface area contributed by atoms with Crippen molar-refractivity contribution >= 4 is 21.9 Å². The van der Waals surface area contributed by atoms with Crippen molar-refractivity contribution in [3.63, 3.8) is 0 Å². The average Bonchev–Trinajstić information content (AvgIpc) is 2.38. The molecule has 0 saturated carbocycles. The highest BCUT2D eigenvalue weighted by molar-refractivity contribution is 9.10. The third kappa shape index (κ3) is 5.63. The van der Waals surface area contributed by atoms with Crippen molar-refractivity contribution in [2.45, 2.75) is 45.7 Å². The minimum absolute atomic E-state index is 0.495. The molecule has 22 heavy (non-hydrogen) atoms. The number of hydrogen-bond donors (Lipinski definition) is 0. The van der Waals surface area contributed by atoms with Crippen molar-refractivity contribution in [1.82, 2.24) is 0 Å². The Labute approximate surface area is 137 Å². The van der Waals surface area contributed by atoms with Gasteiger partial charge in [0.2, 0.25) is 0 Å². The molecule has 0 radical (unpaired) electrons. The van der Waals surface area contributed by atoms with Crippen LogP contribution in [0.15, 0.2) is 28.7 Å². The van der Waals surface area contributed by atoms with Crippen LogP contribution in [0.2, 0.25) is 0 Å². The van der Waals surface area contributed by atoms with E-state index in [1.807, 2.05) is 20.8 Å². The van der Waals surface area contributed by atoms with E-state index in [0.717, 1.165) is 10.9 Å². The molecule has 1 rings (SSSR count). The van der Waals surface area contributed by atoms with Gasteiger partial charge in [-0.25, -0.2) is 0 Å². The third-order valence-corrected chi connectivity index (χ3v) is 4.02. The lowest BCUT2D eigenvalue weighted by Gasteiger charge is -2.33. The summed E-state index contributed by atoms with van der Waals surface area (Å²) < 4.78 is 42.2. The molecule has 0 bridgehead atoms. The average molecular weight is 381 g/mol. The highest BCUT2D eigenvalue weighted by Gasteiger charge is 2.39. The minimum atomic E-state index is -4.52. The van der Waals surface area contributed by atoms with Crippen LogP contribution in [0.5, 0.6) is 0 Å². The Bertz CT molecular complexity index is 495. The minimum Gasteiger partial charge on any atom is -0.456 e. The molecular weight excluding hydrogens is 361 g/mol. The van der Waals surface area contributed by atoms with E-state index in [4.69, 9.17) is 0 Å². The van der Waals surface area contributed by atoms with E-state index in [-0.39, 0.29) is 0 Å². The van der Waals surface area contributed by atoms with Crippen LogP contribution in [0.1, 0.15) is 45.1 Å². The molecule has 0 aliphatic rings. The highest BCUT2D eigenvalue weighted by Crippen LogP contribution is 2.40. The number of carbonyl (C=O) groups is 1. The monoisotopic (exact) mass is 380 g/mol. The van der Waals surface area contributed by atoms with E-state index in [1.54, 1.807) is 24.3 Å². The largest absolute Gasteiger partial charge is 0.456 e. The number of hydrogen-bond acceptors (Lipinski definition) is 2. The van der Waals surface area contributed by atoms with E-state index in [1.165, 1.54) is 0 Å². The number of halogens is 4. The summed E-state index contributed by atoms with van der Waals surface area (Å²) in [6, 6.07) is 7.00. The molecule has 0 N–H and O–H groups in total. The normalized spacial score (nSPS) is 13.8. The Hall–Kier alpha value is -1.04. The molecule has 0 saturated heterocycles. The maximum absolute atomic E-state index is 12.3. The summed E-state index contributed by atoms with van der Waals surface area (Å²) >= 11 is 3.30. The lowest BCUT2D eigenvalue weighted by atomic mass is 9.72. The molecule has 0 fully saturated rings. The molecule has 0 spiro atoms. The first-order valence-corrected chi connectivity index (χ1v) is 7.85. The van der Waals surface area contributed by atoms with Crippen molar-refractivity contribution in [3.05, 3.63) is 34.3 Å². The van der Waals surface area contributed by atoms with Crippen molar-refractivity contribution in [3.8, 4) is 0 Å². The predicted molar refractivity (Wildman–Crippen MR) is 82.6 cm³/mol. The zero-order valence-corrected chi connectivity index (χ0v) is 14.4. The van der Waals surface area contributed by atoms with E-state index in [0.29, 0.717) is 12.0 Å². The van der Waals surface area contributed by atoms with Gasteiger partial charge >= 0.3 is 12.1 Å². The van der Waals surface area contributed by atoms with Crippen molar-refractivity contribution in [1.29, 1.82) is 0 Å². The Morgan fingerprint density at radius 1 is 1.23 bits per heavy atom. The number of esters is 1. The smallest absolute Gasteiger partial charge is 0.422 e. The molecule has 0 aliphatic carbocycles.